The summed E-state index contributed by atoms with van der Waals surface area (Å²) in [6.07, 6.45) is 3.79. The van der Waals surface area contributed by atoms with Crippen molar-refractivity contribution in [1.29, 1.82) is 0 Å². The molecule has 2 heterocycles. The molecule has 1 N–H and O–H groups in total. The van der Waals surface area contributed by atoms with Crippen LogP contribution in [0.25, 0.3) is 0 Å². The minimum Gasteiger partial charge on any atom is -0.497 e. The molecule has 1 amide bonds. The molecule has 0 aliphatic carbocycles. The molecule has 22 heavy (non-hydrogen) atoms. The van der Waals surface area contributed by atoms with E-state index in [1.807, 2.05) is 24.3 Å². The number of benzene rings is 1. The van der Waals surface area contributed by atoms with Crippen molar-refractivity contribution >= 4 is 5.91 Å². The van der Waals surface area contributed by atoms with Crippen LogP contribution in [0, 0.1) is 0 Å². The third-order valence-corrected chi connectivity index (χ3v) is 4.59. The second-order valence-corrected chi connectivity index (χ2v) is 5.95. The fourth-order valence-electron chi connectivity index (χ4n) is 3.45. The Morgan fingerprint density at radius 2 is 1.91 bits per heavy atom. The number of carbonyl (C=O) groups excluding carboxylic acids is 1. The van der Waals surface area contributed by atoms with Crippen LogP contribution < -0.4 is 14.8 Å². The van der Waals surface area contributed by atoms with Gasteiger partial charge in [0.15, 0.2) is 0 Å². The Morgan fingerprint density at radius 3 is 2.68 bits per heavy atom. The first-order valence-corrected chi connectivity index (χ1v) is 8.06. The number of methoxy groups -OCH3 is 1. The van der Waals surface area contributed by atoms with Crippen LogP contribution >= 0.6 is 0 Å². The Bertz CT molecular complexity index is 489. The van der Waals surface area contributed by atoms with Gasteiger partial charge < -0.3 is 19.7 Å². The van der Waals surface area contributed by atoms with Crippen LogP contribution in [0.3, 0.4) is 0 Å². The molecule has 0 saturated carbocycles. The van der Waals surface area contributed by atoms with E-state index in [9.17, 15) is 4.79 Å². The Labute approximate surface area is 131 Å². The molecule has 5 nitrogen and oxygen atoms in total. The van der Waals surface area contributed by atoms with Crippen molar-refractivity contribution in [1.82, 2.24) is 10.2 Å². The first-order valence-electron chi connectivity index (χ1n) is 8.06. The molecule has 120 valence electrons. The molecule has 2 fully saturated rings. The number of ether oxygens (including phenoxy) is 2. The van der Waals surface area contributed by atoms with Crippen molar-refractivity contribution < 1.29 is 14.3 Å². The first kappa shape index (κ1) is 15.2. The van der Waals surface area contributed by atoms with E-state index >= 15 is 0 Å². The van der Waals surface area contributed by atoms with Crippen LogP contribution in [-0.2, 0) is 4.79 Å². The maximum absolute atomic E-state index is 12.5. The van der Waals surface area contributed by atoms with Gasteiger partial charge in [0.1, 0.15) is 11.5 Å². The van der Waals surface area contributed by atoms with Gasteiger partial charge in [0.25, 0.3) is 0 Å². The predicted molar refractivity (Wildman–Crippen MR) is 84.2 cm³/mol. The van der Waals surface area contributed by atoms with Crippen molar-refractivity contribution in [3.63, 3.8) is 0 Å². The number of hydrogen-bond donors (Lipinski definition) is 1. The van der Waals surface area contributed by atoms with Crippen LogP contribution in [0.15, 0.2) is 24.3 Å². The highest BCUT2D eigenvalue weighted by Crippen LogP contribution is 2.28. The largest absolute Gasteiger partial charge is 0.497 e. The molecule has 1 aromatic carbocycles. The highest BCUT2D eigenvalue weighted by atomic mass is 16.5. The summed E-state index contributed by atoms with van der Waals surface area (Å²) >= 11 is 0. The molecule has 2 aliphatic rings. The Hall–Kier alpha value is -1.75. The van der Waals surface area contributed by atoms with E-state index in [1.165, 1.54) is 0 Å². The molecule has 0 aromatic heterocycles. The van der Waals surface area contributed by atoms with Gasteiger partial charge in [0.2, 0.25) is 5.91 Å². The monoisotopic (exact) mass is 304 g/mol. The fraction of sp³-hybridized carbons (Fsp3) is 0.588. The molecule has 0 radical (unpaired) electrons. The highest BCUT2D eigenvalue weighted by molar-refractivity contribution is 5.77. The molecule has 2 bridgehead atoms. The summed E-state index contributed by atoms with van der Waals surface area (Å²) in [7, 11) is 1.64. The molecular formula is C17H24N2O3. The predicted octanol–water partition coefficient (Wildman–Crippen LogP) is 1.82. The molecule has 5 heteroatoms. The number of nitrogens with one attached hydrogen (secondary N) is 1. The zero-order valence-corrected chi connectivity index (χ0v) is 13.1. The van der Waals surface area contributed by atoms with Gasteiger partial charge >= 0.3 is 0 Å². The molecule has 2 saturated heterocycles. The Balaban J connectivity index is 1.49. The number of rotatable bonds is 5. The van der Waals surface area contributed by atoms with Gasteiger partial charge in [-0.1, -0.05) is 0 Å². The van der Waals surface area contributed by atoms with Crippen molar-refractivity contribution in [2.75, 3.05) is 26.8 Å². The fourth-order valence-corrected chi connectivity index (χ4v) is 3.45. The van der Waals surface area contributed by atoms with Crippen LogP contribution in [0.1, 0.15) is 25.7 Å². The summed E-state index contributed by atoms with van der Waals surface area (Å²) in [5.41, 5.74) is 0. The summed E-state index contributed by atoms with van der Waals surface area (Å²) in [6, 6.07) is 8.25. The average molecular weight is 304 g/mol. The van der Waals surface area contributed by atoms with Crippen molar-refractivity contribution in [2.45, 2.75) is 37.8 Å². The standard InChI is InChI=1S/C17H24N2O3/c1-21-15-4-6-16(7-5-15)22-11-9-17(20)19-13-2-3-14(19)12-18-10-8-13/h4-7,13-14,18H,2-3,8-12H2,1H3. The van der Waals surface area contributed by atoms with Gasteiger partial charge in [0, 0.05) is 18.6 Å². The quantitative estimate of drug-likeness (QED) is 0.901. The Kier molecular flexibility index (Phi) is 4.83. The maximum Gasteiger partial charge on any atom is 0.226 e. The average Bonchev–Trinajstić information content (AvgIpc) is 2.81. The number of fused-ring (bicyclic) bond motifs is 2. The second kappa shape index (κ2) is 7.01. The summed E-state index contributed by atoms with van der Waals surface area (Å²) in [6.45, 7) is 2.38. The van der Waals surface area contributed by atoms with Crippen molar-refractivity contribution in [2.24, 2.45) is 0 Å². The topological polar surface area (TPSA) is 50.8 Å². The van der Waals surface area contributed by atoms with Gasteiger partial charge in [-0.2, -0.15) is 0 Å². The summed E-state index contributed by atoms with van der Waals surface area (Å²) in [5, 5.41) is 3.42. The zero-order valence-electron chi connectivity index (χ0n) is 13.1. The van der Waals surface area contributed by atoms with Crippen molar-refractivity contribution in [3.8, 4) is 11.5 Å². The summed E-state index contributed by atoms with van der Waals surface area (Å²) < 4.78 is 10.8. The first-order chi connectivity index (χ1) is 10.8. The third kappa shape index (κ3) is 3.35. The van der Waals surface area contributed by atoms with Crippen LogP contribution in [-0.4, -0.2) is 49.7 Å². The number of nitrogens with zero attached hydrogens (tertiary/aromatic N) is 1. The molecule has 2 unspecified atom stereocenters. The lowest BCUT2D eigenvalue weighted by Gasteiger charge is -2.28. The summed E-state index contributed by atoms with van der Waals surface area (Å²) in [4.78, 5) is 14.6. The van der Waals surface area contributed by atoms with Crippen LogP contribution in [0.5, 0.6) is 11.5 Å². The maximum atomic E-state index is 12.5. The molecule has 1 aromatic rings. The summed E-state index contributed by atoms with van der Waals surface area (Å²) in [5.74, 6) is 1.80. The second-order valence-electron chi connectivity index (χ2n) is 5.95. The SMILES string of the molecule is COc1ccc(OCCC(=O)N2C3CCNCC2CC3)cc1. The van der Waals surface area contributed by atoms with Gasteiger partial charge in [-0.05, 0) is 50.1 Å². The van der Waals surface area contributed by atoms with E-state index in [0.29, 0.717) is 25.1 Å². The minimum atomic E-state index is 0.227. The Morgan fingerprint density at radius 1 is 1.18 bits per heavy atom. The van der Waals surface area contributed by atoms with Gasteiger partial charge in [-0.3, -0.25) is 4.79 Å². The highest BCUT2D eigenvalue weighted by Gasteiger charge is 2.37. The van der Waals surface area contributed by atoms with E-state index in [-0.39, 0.29) is 5.91 Å². The smallest absolute Gasteiger partial charge is 0.226 e. The number of amides is 1. The molecular weight excluding hydrogens is 280 g/mol. The lowest BCUT2D eigenvalue weighted by molar-refractivity contribution is -0.134. The lowest BCUT2D eigenvalue weighted by atomic mass is 10.1. The van der Waals surface area contributed by atoms with E-state index in [2.05, 4.69) is 10.2 Å². The zero-order chi connectivity index (χ0) is 15.4. The number of hydrogen-bond acceptors (Lipinski definition) is 4. The van der Waals surface area contributed by atoms with Crippen LogP contribution in [0.2, 0.25) is 0 Å². The van der Waals surface area contributed by atoms with Gasteiger partial charge in [-0.25, -0.2) is 0 Å². The molecule has 3 rings (SSSR count). The third-order valence-electron chi connectivity index (χ3n) is 4.59. The van der Waals surface area contributed by atoms with E-state index < -0.39 is 0 Å². The molecule has 2 atom stereocenters. The normalized spacial score (nSPS) is 24.0. The van der Waals surface area contributed by atoms with Gasteiger partial charge in [0.05, 0.1) is 20.1 Å². The van der Waals surface area contributed by atoms with Crippen LogP contribution in [0.4, 0.5) is 0 Å². The molecule has 0 spiro atoms. The van der Waals surface area contributed by atoms with E-state index in [4.69, 9.17) is 9.47 Å². The van der Waals surface area contributed by atoms with Crippen molar-refractivity contribution in [3.05, 3.63) is 24.3 Å². The molecule has 2 aliphatic heterocycles. The van der Waals surface area contributed by atoms with E-state index in [0.717, 1.165) is 43.9 Å². The van der Waals surface area contributed by atoms with Gasteiger partial charge in [-0.15, -0.1) is 0 Å². The minimum absolute atomic E-state index is 0.227. The van der Waals surface area contributed by atoms with E-state index in [1.54, 1.807) is 7.11 Å². The lowest BCUT2D eigenvalue weighted by Crippen LogP contribution is -2.42. The number of carbonyl (C=O) groups is 1.